The molecule has 5 heteroatoms. The van der Waals surface area contributed by atoms with E-state index in [2.05, 4.69) is 0 Å². The van der Waals surface area contributed by atoms with Gasteiger partial charge in [-0.25, -0.2) is 4.79 Å². The number of hydrogen-bond acceptors (Lipinski definition) is 3. The minimum absolute atomic E-state index is 0.161. The van der Waals surface area contributed by atoms with E-state index in [1.165, 1.54) is 6.92 Å². The lowest BCUT2D eigenvalue weighted by Gasteiger charge is -2.10. The fraction of sp³-hybridized carbons (Fsp3) is 0.273. The molecule has 0 aliphatic heterocycles. The summed E-state index contributed by atoms with van der Waals surface area (Å²) in [5.74, 6) is -0.989. The number of carboxylic acids is 1. The van der Waals surface area contributed by atoms with E-state index < -0.39 is 18.0 Å². The van der Waals surface area contributed by atoms with Crippen LogP contribution in [0.25, 0.3) is 0 Å². The lowest BCUT2D eigenvalue weighted by atomic mass is 10.1. The fourth-order valence-corrected chi connectivity index (χ4v) is 1.14. The molecule has 0 spiro atoms. The fourth-order valence-electron chi connectivity index (χ4n) is 1.14. The van der Waals surface area contributed by atoms with Gasteiger partial charge < -0.3 is 15.6 Å². The Balaban J connectivity index is 2.64. The number of rotatable bonds is 5. The standard InChI is InChI=1S/C11H13NO4/c1-7(11(14)15)16-9-4-2-8(3-5-9)6-10(12)13/h2-5,7H,6H2,1H3,(H2,12,13)(H,14,15)/t7-/m1/s1. The van der Waals surface area contributed by atoms with Crippen LogP contribution in [0.2, 0.25) is 0 Å². The third-order valence-electron chi connectivity index (χ3n) is 1.96. The molecule has 0 unspecified atom stereocenters. The Kier molecular flexibility index (Phi) is 3.88. The lowest BCUT2D eigenvalue weighted by Crippen LogP contribution is -2.22. The van der Waals surface area contributed by atoms with E-state index in [4.69, 9.17) is 15.6 Å². The number of primary amides is 1. The van der Waals surface area contributed by atoms with Crippen LogP contribution in [0.1, 0.15) is 12.5 Å². The van der Waals surface area contributed by atoms with Crippen molar-refractivity contribution >= 4 is 11.9 Å². The Bertz CT molecular complexity index is 385. The molecule has 0 aromatic heterocycles. The van der Waals surface area contributed by atoms with Gasteiger partial charge in [0.15, 0.2) is 6.10 Å². The summed E-state index contributed by atoms with van der Waals surface area (Å²) in [6.07, 6.45) is -0.739. The van der Waals surface area contributed by atoms with Crippen LogP contribution in [0.15, 0.2) is 24.3 Å². The monoisotopic (exact) mass is 223 g/mol. The van der Waals surface area contributed by atoms with Gasteiger partial charge in [-0.05, 0) is 24.6 Å². The van der Waals surface area contributed by atoms with Gasteiger partial charge in [-0.3, -0.25) is 4.79 Å². The number of ether oxygens (including phenoxy) is 1. The van der Waals surface area contributed by atoms with Gasteiger partial charge in [-0.1, -0.05) is 12.1 Å². The summed E-state index contributed by atoms with van der Waals surface area (Å²) >= 11 is 0. The molecule has 5 nitrogen and oxygen atoms in total. The van der Waals surface area contributed by atoms with E-state index in [1.807, 2.05) is 0 Å². The molecule has 0 bridgehead atoms. The summed E-state index contributed by atoms with van der Waals surface area (Å²) in [6, 6.07) is 6.57. The second-order valence-corrected chi connectivity index (χ2v) is 3.39. The second kappa shape index (κ2) is 5.16. The van der Waals surface area contributed by atoms with Gasteiger partial charge in [0, 0.05) is 0 Å². The third kappa shape index (κ3) is 3.61. The Morgan fingerprint density at radius 3 is 2.38 bits per heavy atom. The smallest absolute Gasteiger partial charge is 0.344 e. The summed E-state index contributed by atoms with van der Waals surface area (Å²) in [6.45, 7) is 1.44. The molecule has 1 rings (SSSR count). The van der Waals surface area contributed by atoms with Crippen LogP contribution in [0.5, 0.6) is 5.75 Å². The first-order chi connectivity index (χ1) is 7.49. The van der Waals surface area contributed by atoms with Crippen molar-refractivity contribution in [3.63, 3.8) is 0 Å². The molecule has 86 valence electrons. The van der Waals surface area contributed by atoms with E-state index in [0.29, 0.717) is 5.75 Å². The molecule has 0 saturated carbocycles. The highest BCUT2D eigenvalue weighted by Crippen LogP contribution is 2.14. The molecule has 16 heavy (non-hydrogen) atoms. The molecule has 0 radical (unpaired) electrons. The zero-order valence-electron chi connectivity index (χ0n) is 8.84. The minimum Gasteiger partial charge on any atom is -0.479 e. The molecule has 0 fully saturated rings. The number of carbonyl (C=O) groups is 2. The predicted octanol–water partition coefficient (Wildman–Crippen LogP) is 0.566. The van der Waals surface area contributed by atoms with Gasteiger partial charge in [-0.2, -0.15) is 0 Å². The number of benzene rings is 1. The highest BCUT2D eigenvalue weighted by molar-refractivity contribution is 5.76. The van der Waals surface area contributed by atoms with Crippen molar-refractivity contribution < 1.29 is 19.4 Å². The van der Waals surface area contributed by atoms with Gasteiger partial charge in [0.1, 0.15) is 5.75 Å². The number of amides is 1. The van der Waals surface area contributed by atoms with Crippen LogP contribution >= 0.6 is 0 Å². The zero-order chi connectivity index (χ0) is 12.1. The normalized spacial score (nSPS) is 11.8. The van der Waals surface area contributed by atoms with Crippen molar-refractivity contribution in [2.24, 2.45) is 5.73 Å². The van der Waals surface area contributed by atoms with E-state index >= 15 is 0 Å². The van der Waals surface area contributed by atoms with E-state index in [9.17, 15) is 9.59 Å². The van der Waals surface area contributed by atoms with E-state index in [-0.39, 0.29) is 6.42 Å². The average Bonchev–Trinajstić information content (AvgIpc) is 2.20. The van der Waals surface area contributed by atoms with Crippen molar-refractivity contribution in [3.8, 4) is 5.75 Å². The second-order valence-electron chi connectivity index (χ2n) is 3.39. The van der Waals surface area contributed by atoms with Gasteiger partial charge in [0.2, 0.25) is 5.91 Å². The number of carbonyl (C=O) groups excluding carboxylic acids is 1. The predicted molar refractivity (Wildman–Crippen MR) is 57.1 cm³/mol. The van der Waals surface area contributed by atoms with Crippen molar-refractivity contribution in [2.75, 3.05) is 0 Å². The molecule has 3 N–H and O–H groups in total. The highest BCUT2D eigenvalue weighted by atomic mass is 16.5. The maximum atomic E-state index is 10.6. The Hall–Kier alpha value is -2.04. The molecular formula is C11H13NO4. The number of hydrogen-bond donors (Lipinski definition) is 2. The topological polar surface area (TPSA) is 89.6 Å². The zero-order valence-corrected chi connectivity index (χ0v) is 8.84. The van der Waals surface area contributed by atoms with E-state index in [0.717, 1.165) is 5.56 Å². The molecule has 0 aliphatic carbocycles. The summed E-state index contributed by atoms with van der Waals surface area (Å²) in [5.41, 5.74) is 5.80. The van der Waals surface area contributed by atoms with Gasteiger partial charge in [0.25, 0.3) is 0 Å². The number of nitrogens with two attached hydrogens (primary N) is 1. The van der Waals surface area contributed by atoms with Gasteiger partial charge >= 0.3 is 5.97 Å². The lowest BCUT2D eigenvalue weighted by molar-refractivity contribution is -0.144. The Labute approximate surface area is 92.8 Å². The highest BCUT2D eigenvalue weighted by Gasteiger charge is 2.12. The molecule has 0 saturated heterocycles. The van der Waals surface area contributed by atoms with Crippen molar-refractivity contribution in [1.82, 2.24) is 0 Å². The van der Waals surface area contributed by atoms with Crippen LogP contribution in [0.4, 0.5) is 0 Å². The summed E-state index contributed by atoms with van der Waals surface area (Å²) in [4.78, 5) is 21.2. The first-order valence-electron chi connectivity index (χ1n) is 4.75. The quantitative estimate of drug-likeness (QED) is 0.763. The SMILES string of the molecule is C[C@@H](Oc1ccc(CC(N)=O)cc1)C(=O)O. The maximum Gasteiger partial charge on any atom is 0.344 e. The summed E-state index contributed by atoms with van der Waals surface area (Å²) in [7, 11) is 0. The Morgan fingerprint density at radius 2 is 1.94 bits per heavy atom. The van der Waals surface area contributed by atoms with Gasteiger partial charge in [-0.15, -0.1) is 0 Å². The van der Waals surface area contributed by atoms with E-state index in [1.54, 1.807) is 24.3 Å². The molecular weight excluding hydrogens is 210 g/mol. The Morgan fingerprint density at radius 1 is 1.38 bits per heavy atom. The van der Waals surface area contributed by atoms with Crippen molar-refractivity contribution in [3.05, 3.63) is 29.8 Å². The minimum atomic E-state index is -1.03. The number of carboxylic acid groups (broad SMARTS) is 1. The molecule has 1 aromatic rings. The molecule has 1 atom stereocenters. The summed E-state index contributed by atoms with van der Waals surface area (Å²) < 4.78 is 5.12. The number of aliphatic carboxylic acids is 1. The maximum absolute atomic E-state index is 10.6. The summed E-state index contributed by atoms with van der Waals surface area (Å²) in [5, 5.41) is 8.63. The van der Waals surface area contributed by atoms with Crippen LogP contribution < -0.4 is 10.5 Å². The molecule has 1 amide bonds. The average molecular weight is 223 g/mol. The van der Waals surface area contributed by atoms with Crippen LogP contribution in [-0.4, -0.2) is 23.1 Å². The largest absolute Gasteiger partial charge is 0.479 e. The van der Waals surface area contributed by atoms with Crippen LogP contribution in [0.3, 0.4) is 0 Å². The first kappa shape index (κ1) is 12.0. The van der Waals surface area contributed by atoms with Crippen molar-refractivity contribution in [1.29, 1.82) is 0 Å². The van der Waals surface area contributed by atoms with Crippen molar-refractivity contribution in [2.45, 2.75) is 19.4 Å². The van der Waals surface area contributed by atoms with Gasteiger partial charge in [0.05, 0.1) is 6.42 Å². The first-order valence-corrected chi connectivity index (χ1v) is 4.75. The van der Waals surface area contributed by atoms with Crippen LogP contribution in [-0.2, 0) is 16.0 Å². The third-order valence-corrected chi connectivity index (χ3v) is 1.96. The van der Waals surface area contributed by atoms with Crippen LogP contribution in [0, 0.1) is 0 Å². The molecule has 0 aliphatic rings. The molecule has 0 heterocycles. The molecule has 1 aromatic carbocycles.